The van der Waals surface area contributed by atoms with Crippen LogP contribution < -0.4 is 5.32 Å². The molecule has 2 heterocycles. The van der Waals surface area contributed by atoms with E-state index in [0.717, 1.165) is 38.9 Å². The lowest BCUT2D eigenvalue weighted by Crippen LogP contribution is -2.45. The zero-order valence-corrected chi connectivity index (χ0v) is 12.3. The summed E-state index contributed by atoms with van der Waals surface area (Å²) in [6, 6.07) is 0.160. The molecule has 2 N–H and O–H groups in total. The van der Waals surface area contributed by atoms with E-state index >= 15 is 0 Å². The Hall–Kier alpha value is -0.650. The predicted octanol–water partition coefficient (Wildman–Crippen LogP) is 0.230. The summed E-state index contributed by atoms with van der Waals surface area (Å²) in [4.78, 5) is 14.7. The molecule has 114 valence electrons. The standard InChI is InChI=1S/C15H26N2O3/c1-2-5-16-13-9-20-8-12(13)15(19)17-6-10-3-4-14(18)11(10)7-17/h10-14,16,18H,2-9H2,1H3. The molecule has 1 amide bonds. The SMILES string of the molecule is CCCNC1COCC1C(=O)N1CC2CCC(O)C2C1. The van der Waals surface area contributed by atoms with Crippen LogP contribution in [0.2, 0.25) is 0 Å². The van der Waals surface area contributed by atoms with Gasteiger partial charge in [-0.15, -0.1) is 0 Å². The largest absolute Gasteiger partial charge is 0.393 e. The molecule has 0 aromatic rings. The van der Waals surface area contributed by atoms with Crippen molar-refractivity contribution in [3.63, 3.8) is 0 Å². The molecule has 2 saturated heterocycles. The van der Waals surface area contributed by atoms with Gasteiger partial charge in [0.25, 0.3) is 0 Å². The van der Waals surface area contributed by atoms with E-state index in [1.807, 2.05) is 4.90 Å². The minimum absolute atomic E-state index is 0.0440. The van der Waals surface area contributed by atoms with E-state index in [4.69, 9.17) is 4.74 Å². The van der Waals surface area contributed by atoms with Crippen LogP contribution >= 0.6 is 0 Å². The van der Waals surface area contributed by atoms with Gasteiger partial charge in [0.2, 0.25) is 5.91 Å². The normalized spacial score (nSPS) is 40.3. The zero-order chi connectivity index (χ0) is 14.1. The molecule has 0 aromatic heterocycles. The van der Waals surface area contributed by atoms with Crippen molar-refractivity contribution in [1.82, 2.24) is 10.2 Å². The number of hydrogen-bond donors (Lipinski definition) is 2. The van der Waals surface area contributed by atoms with E-state index in [1.165, 1.54) is 0 Å². The lowest BCUT2D eigenvalue weighted by molar-refractivity contribution is -0.135. The molecule has 0 radical (unpaired) electrons. The van der Waals surface area contributed by atoms with Gasteiger partial charge in [0.05, 0.1) is 25.2 Å². The van der Waals surface area contributed by atoms with Crippen molar-refractivity contribution < 1.29 is 14.6 Å². The summed E-state index contributed by atoms with van der Waals surface area (Å²) in [7, 11) is 0. The first-order chi connectivity index (χ1) is 9.70. The van der Waals surface area contributed by atoms with Crippen LogP contribution in [0.15, 0.2) is 0 Å². The van der Waals surface area contributed by atoms with Crippen LogP contribution in [-0.4, -0.2) is 60.9 Å². The van der Waals surface area contributed by atoms with Gasteiger partial charge in [-0.1, -0.05) is 6.92 Å². The number of aliphatic hydroxyl groups is 1. The average molecular weight is 282 g/mol. The first-order valence-corrected chi connectivity index (χ1v) is 7.98. The van der Waals surface area contributed by atoms with Gasteiger partial charge in [0, 0.05) is 25.0 Å². The molecular formula is C15H26N2O3. The fraction of sp³-hybridized carbons (Fsp3) is 0.933. The van der Waals surface area contributed by atoms with Crippen molar-refractivity contribution in [2.45, 2.75) is 38.3 Å². The minimum atomic E-state index is -0.202. The summed E-state index contributed by atoms with van der Waals surface area (Å²) in [5, 5.41) is 13.4. The molecule has 0 spiro atoms. The number of nitrogens with one attached hydrogen (secondary N) is 1. The Morgan fingerprint density at radius 3 is 2.95 bits per heavy atom. The topological polar surface area (TPSA) is 61.8 Å². The monoisotopic (exact) mass is 282 g/mol. The Bertz CT molecular complexity index is 363. The van der Waals surface area contributed by atoms with Crippen LogP contribution in [0.1, 0.15) is 26.2 Å². The van der Waals surface area contributed by atoms with Gasteiger partial charge >= 0.3 is 0 Å². The van der Waals surface area contributed by atoms with E-state index in [-0.39, 0.29) is 24.0 Å². The van der Waals surface area contributed by atoms with Crippen LogP contribution in [0.4, 0.5) is 0 Å². The van der Waals surface area contributed by atoms with Crippen LogP contribution in [-0.2, 0) is 9.53 Å². The summed E-state index contributed by atoms with van der Waals surface area (Å²) in [6.45, 7) is 5.80. The third-order valence-electron chi connectivity index (χ3n) is 5.18. The van der Waals surface area contributed by atoms with Crippen molar-refractivity contribution in [1.29, 1.82) is 0 Å². The van der Waals surface area contributed by atoms with Crippen LogP contribution in [0, 0.1) is 17.8 Å². The lowest BCUT2D eigenvalue weighted by atomic mass is 9.99. The zero-order valence-electron chi connectivity index (χ0n) is 12.3. The van der Waals surface area contributed by atoms with E-state index in [1.54, 1.807) is 0 Å². The molecule has 5 heteroatoms. The highest BCUT2D eigenvalue weighted by atomic mass is 16.5. The van der Waals surface area contributed by atoms with Crippen molar-refractivity contribution in [3.05, 3.63) is 0 Å². The molecule has 20 heavy (non-hydrogen) atoms. The Kier molecular flexibility index (Phi) is 4.29. The maximum Gasteiger partial charge on any atom is 0.229 e. The summed E-state index contributed by atoms with van der Waals surface area (Å²) in [5.74, 6) is 0.997. The van der Waals surface area contributed by atoms with E-state index < -0.39 is 0 Å². The highest BCUT2D eigenvalue weighted by Gasteiger charge is 2.46. The Balaban J connectivity index is 1.59. The third-order valence-corrected chi connectivity index (χ3v) is 5.18. The maximum absolute atomic E-state index is 12.7. The second kappa shape index (κ2) is 6.00. The number of rotatable bonds is 4. The number of hydrogen-bond acceptors (Lipinski definition) is 4. The quantitative estimate of drug-likeness (QED) is 0.775. The molecule has 3 rings (SSSR count). The fourth-order valence-corrected chi connectivity index (χ4v) is 3.98. The van der Waals surface area contributed by atoms with Gasteiger partial charge in [0.1, 0.15) is 0 Å². The molecule has 3 fully saturated rings. The molecule has 5 nitrogen and oxygen atoms in total. The fourth-order valence-electron chi connectivity index (χ4n) is 3.98. The summed E-state index contributed by atoms with van der Waals surface area (Å²) in [5.41, 5.74) is 0. The summed E-state index contributed by atoms with van der Waals surface area (Å²) >= 11 is 0. The van der Waals surface area contributed by atoms with Crippen LogP contribution in [0.3, 0.4) is 0 Å². The number of ether oxygens (including phenoxy) is 1. The number of carbonyl (C=O) groups excluding carboxylic acids is 1. The van der Waals surface area contributed by atoms with Crippen LogP contribution in [0.25, 0.3) is 0 Å². The van der Waals surface area contributed by atoms with E-state index in [9.17, 15) is 9.90 Å². The number of aliphatic hydroxyl groups excluding tert-OH is 1. The summed E-state index contributed by atoms with van der Waals surface area (Å²) < 4.78 is 5.50. The van der Waals surface area contributed by atoms with Gasteiger partial charge in [-0.3, -0.25) is 4.79 Å². The Morgan fingerprint density at radius 2 is 2.20 bits per heavy atom. The predicted molar refractivity (Wildman–Crippen MR) is 75.2 cm³/mol. The van der Waals surface area contributed by atoms with Crippen molar-refractivity contribution in [3.8, 4) is 0 Å². The summed E-state index contributed by atoms with van der Waals surface area (Å²) in [6.07, 6.45) is 2.84. The van der Waals surface area contributed by atoms with Gasteiger partial charge < -0.3 is 20.1 Å². The van der Waals surface area contributed by atoms with Crippen LogP contribution in [0.5, 0.6) is 0 Å². The number of nitrogens with zero attached hydrogens (tertiary/aromatic N) is 1. The molecule has 1 saturated carbocycles. The highest BCUT2D eigenvalue weighted by molar-refractivity contribution is 5.80. The number of fused-ring (bicyclic) bond motifs is 1. The highest BCUT2D eigenvalue weighted by Crippen LogP contribution is 2.38. The van der Waals surface area contributed by atoms with E-state index in [0.29, 0.717) is 25.0 Å². The molecule has 5 unspecified atom stereocenters. The second-order valence-electron chi connectivity index (χ2n) is 6.52. The average Bonchev–Trinajstić information content (AvgIpc) is 3.13. The molecule has 1 aliphatic carbocycles. The molecule has 5 atom stereocenters. The smallest absolute Gasteiger partial charge is 0.229 e. The Labute approximate surface area is 120 Å². The van der Waals surface area contributed by atoms with Crippen molar-refractivity contribution >= 4 is 5.91 Å². The van der Waals surface area contributed by atoms with E-state index in [2.05, 4.69) is 12.2 Å². The maximum atomic E-state index is 12.7. The molecular weight excluding hydrogens is 256 g/mol. The van der Waals surface area contributed by atoms with Gasteiger partial charge in [-0.25, -0.2) is 0 Å². The van der Waals surface area contributed by atoms with Gasteiger partial charge in [0.15, 0.2) is 0 Å². The number of carbonyl (C=O) groups is 1. The lowest BCUT2D eigenvalue weighted by Gasteiger charge is -2.25. The minimum Gasteiger partial charge on any atom is -0.393 e. The molecule has 0 aromatic carbocycles. The van der Waals surface area contributed by atoms with Gasteiger partial charge in [-0.2, -0.15) is 0 Å². The van der Waals surface area contributed by atoms with Crippen molar-refractivity contribution in [2.24, 2.45) is 17.8 Å². The number of amides is 1. The Morgan fingerprint density at radius 1 is 1.35 bits per heavy atom. The number of likely N-dealkylation sites (tertiary alicyclic amines) is 1. The first-order valence-electron chi connectivity index (χ1n) is 7.98. The molecule has 2 aliphatic heterocycles. The molecule has 3 aliphatic rings. The third kappa shape index (κ3) is 2.59. The van der Waals surface area contributed by atoms with Crippen molar-refractivity contribution in [2.75, 3.05) is 32.8 Å². The first kappa shape index (κ1) is 14.3. The molecule has 0 bridgehead atoms. The van der Waals surface area contributed by atoms with Gasteiger partial charge in [-0.05, 0) is 31.7 Å². The second-order valence-corrected chi connectivity index (χ2v) is 6.52.